The highest BCUT2D eigenvalue weighted by atomic mass is 16.3. The number of carbonyl (C=O) groups excluding carboxylic acids is 1. The summed E-state index contributed by atoms with van der Waals surface area (Å²) in [6.45, 7) is 1.89. The highest BCUT2D eigenvalue weighted by molar-refractivity contribution is 5.91. The summed E-state index contributed by atoms with van der Waals surface area (Å²) in [5.41, 5.74) is -0.293. The van der Waals surface area contributed by atoms with Gasteiger partial charge in [-0.2, -0.15) is 0 Å². The maximum Gasteiger partial charge on any atom is 0.181 e. The minimum Gasteiger partial charge on any atom is -0.388 e. The quantitative estimate of drug-likeness (QED) is 0.747. The molecule has 0 aromatic carbocycles. The number of rotatable bonds is 3. The zero-order valence-corrected chi connectivity index (χ0v) is 8.81. The van der Waals surface area contributed by atoms with Crippen LogP contribution in [0.3, 0.4) is 0 Å². The van der Waals surface area contributed by atoms with Gasteiger partial charge in [0, 0.05) is 6.92 Å². The number of aliphatic hydroxyl groups is 1. The molecule has 5 heteroatoms. The number of Topliss-reactive ketones (excluding diaryl/α,β-unsaturated/α-hetero) is 1. The molecule has 1 fully saturated rings. The average molecular weight is 209 g/mol. The maximum absolute atomic E-state index is 11.0. The molecule has 1 aromatic rings. The number of hydrogen-bond donors (Lipinski definition) is 1. The largest absolute Gasteiger partial charge is 0.388 e. The van der Waals surface area contributed by atoms with E-state index in [0.717, 1.165) is 25.7 Å². The molecule has 0 radical (unpaired) electrons. The van der Waals surface area contributed by atoms with E-state index < -0.39 is 5.60 Å². The molecule has 0 aliphatic heterocycles. The lowest BCUT2D eigenvalue weighted by atomic mass is 10.0. The van der Waals surface area contributed by atoms with Crippen molar-refractivity contribution in [1.29, 1.82) is 0 Å². The molecule has 0 bridgehead atoms. The Bertz CT molecular complexity index is 366. The lowest BCUT2D eigenvalue weighted by molar-refractivity contribution is 0.0260. The topological polar surface area (TPSA) is 68.0 Å². The highest BCUT2D eigenvalue weighted by Crippen LogP contribution is 2.30. The molecule has 1 aromatic heterocycles. The first-order valence-corrected chi connectivity index (χ1v) is 5.23. The predicted octanol–water partition coefficient (Wildman–Crippen LogP) is 0.786. The van der Waals surface area contributed by atoms with Crippen LogP contribution in [0.1, 0.15) is 43.1 Å². The molecule has 0 spiro atoms. The van der Waals surface area contributed by atoms with Crippen LogP contribution in [0.2, 0.25) is 0 Å². The highest BCUT2D eigenvalue weighted by Gasteiger charge is 2.31. The second kappa shape index (κ2) is 3.73. The van der Waals surface area contributed by atoms with E-state index in [9.17, 15) is 9.90 Å². The minimum atomic E-state index is -0.651. The van der Waals surface area contributed by atoms with Crippen LogP contribution >= 0.6 is 0 Å². The van der Waals surface area contributed by atoms with Gasteiger partial charge in [0.1, 0.15) is 5.69 Å². The third-order valence-corrected chi connectivity index (χ3v) is 2.89. The first kappa shape index (κ1) is 10.3. The molecule has 1 aliphatic rings. The molecule has 1 aliphatic carbocycles. The van der Waals surface area contributed by atoms with E-state index in [0.29, 0.717) is 12.2 Å². The van der Waals surface area contributed by atoms with E-state index in [1.54, 1.807) is 10.9 Å². The van der Waals surface area contributed by atoms with Crippen molar-refractivity contribution in [3.05, 3.63) is 11.9 Å². The smallest absolute Gasteiger partial charge is 0.181 e. The summed E-state index contributed by atoms with van der Waals surface area (Å²) in [5.74, 6) is -0.0975. The Kier molecular flexibility index (Phi) is 2.56. The fourth-order valence-corrected chi connectivity index (χ4v) is 2.03. The third kappa shape index (κ3) is 2.23. The Morgan fingerprint density at radius 3 is 2.80 bits per heavy atom. The summed E-state index contributed by atoms with van der Waals surface area (Å²) < 4.78 is 1.56. The van der Waals surface area contributed by atoms with E-state index in [-0.39, 0.29) is 5.78 Å². The molecule has 0 atom stereocenters. The number of aromatic nitrogens is 3. The van der Waals surface area contributed by atoms with Gasteiger partial charge in [-0.25, -0.2) is 4.68 Å². The fraction of sp³-hybridized carbons (Fsp3) is 0.700. The van der Waals surface area contributed by atoms with Gasteiger partial charge < -0.3 is 5.11 Å². The molecule has 0 amide bonds. The van der Waals surface area contributed by atoms with Gasteiger partial charge in [0.05, 0.1) is 18.3 Å². The van der Waals surface area contributed by atoms with Crippen LogP contribution in [0.4, 0.5) is 0 Å². The fourth-order valence-electron chi connectivity index (χ4n) is 2.03. The van der Waals surface area contributed by atoms with Gasteiger partial charge in [-0.05, 0) is 12.8 Å². The second-order valence-electron chi connectivity index (χ2n) is 4.29. The normalized spacial score (nSPS) is 19.3. The Labute approximate surface area is 88.1 Å². The van der Waals surface area contributed by atoms with Crippen LogP contribution in [0.25, 0.3) is 0 Å². The van der Waals surface area contributed by atoms with Crippen molar-refractivity contribution in [2.45, 2.75) is 44.8 Å². The summed E-state index contributed by atoms with van der Waals surface area (Å²) in [4.78, 5) is 11.0. The van der Waals surface area contributed by atoms with Gasteiger partial charge in [-0.3, -0.25) is 4.79 Å². The standard InChI is InChI=1S/C10H15N3O2/c1-8(14)9-6-13(12-11-9)7-10(15)4-2-3-5-10/h6,15H,2-5,7H2,1H3. The van der Waals surface area contributed by atoms with E-state index >= 15 is 0 Å². The third-order valence-electron chi connectivity index (χ3n) is 2.89. The molecule has 0 unspecified atom stereocenters. The molecular formula is C10H15N3O2. The molecule has 1 heterocycles. The second-order valence-corrected chi connectivity index (χ2v) is 4.29. The number of ketones is 1. The van der Waals surface area contributed by atoms with Crippen LogP contribution < -0.4 is 0 Å². The lowest BCUT2D eigenvalue weighted by Gasteiger charge is -2.20. The number of hydrogen-bond acceptors (Lipinski definition) is 4. The first-order chi connectivity index (χ1) is 7.09. The van der Waals surface area contributed by atoms with E-state index in [2.05, 4.69) is 10.3 Å². The number of carbonyl (C=O) groups is 1. The van der Waals surface area contributed by atoms with Crippen molar-refractivity contribution in [3.8, 4) is 0 Å². The van der Waals surface area contributed by atoms with E-state index in [4.69, 9.17) is 0 Å². The van der Waals surface area contributed by atoms with Crippen LogP contribution in [0, 0.1) is 0 Å². The average Bonchev–Trinajstić information content (AvgIpc) is 2.75. The zero-order chi connectivity index (χ0) is 10.9. The Hall–Kier alpha value is -1.23. The van der Waals surface area contributed by atoms with Gasteiger partial charge in [0.15, 0.2) is 5.78 Å². The van der Waals surface area contributed by atoms with Crippen LogP contribution in [-0.2, 0) is 6.54 Å². The SMILES string of the molecule is CC(=O)c1cn(CC2(O)CCCC2)nn1. The van der Waals surface area contributed by atoms with Crippen LogP contribution in [-0.4, -0.2) is 31.5 Å². The van der Waals surface area contributed by atoms with E-state index in [1.165, 1.54) is 6.92 Å². The van der Waals surface area contributed by atoms with Crippen molar-refractivity contribution in [1.82, 2.24) is 15.0 Å². The molecular weight excluding hydrogens is 194 g/mol. The minimum absolute atomic E-state index is 0.0975. The van der Waals surface area contributed by atoms with Gasteiger partial charge >= 0.3 is 0 Å². The van der Waals surface area contributed by atoms with Gasteiger partial charge in [-0.15, -0.1) is 5.10 Å². The monoisotopic (exact) mass is 209 g/mol. The Morgan fingerprint density at radius 1 is 1.60 bits per heavy atom. The van der Waals surface area contributed by atoms with Crippen molar-refractivity contribution in [2.24, 2.45) is 0 Å². The van der Waals surface area contributed by atoms with Crippen molar-refractivity contribution < 1.29 is 9.90 Å². The summed E-state index contributed by atoms with van der Waals surface area (Å²) in [6, 6.07) is 0. The van der Waals surface area contributed by atoms with Crippen LogP contribution in [0.15, 0.2) is 6.20 Å². The summed E-state index contributed by atoms with van der Waals surface area (Å²) in [6.07, 6.45) is 5.33. The molecule has 1 saturated carbocycles. The van der Waals surface area contributed by atoms with E-state index in [1.807, 2.05) is 0 Å². The van der Waals surface area contributed by atoms with Gasteiger partial charge in [0.25, 0.3) is 0 Å². The summed E-state index contributed by atoms with van der Waals surface area (Å²) in [7, 11) is 0. The number of nitrogens with zero attached hydrogens (tertiary/aromatic N) is 3. The molecule has 2 rings (SSSR count). The Balaban J connectivity index is 2.07. The maximum atomic E-state index is 11.0. The first-order valence-electron chi connectivity index (χ1n) is 5.23. The van der Waals surface area contributed by atoms with Gasteiger partial charge in [-0.1, -0.05) is 18.1 Å². The van der Waals surface area contributed by atoms with Crippen molar-refractivity contribution >= 4 is 5.78 Å². The molecule has 0 saturated heterocycles. The summed E-state index contributed by atoms with van der Waals surface area (Å²) in [5, 5.41) is 17.7. The molecule has 82 valence electrons. The molecule has 5 nitrogen and oxygen atoms in total. The summed E-state index contributed by atoms with van der Waals surface area (Å²) >= 11 is 0. The lowest BCUT2D eigenvalue weighted by Crippen LogP contribution is -2.30. The van der Waals surface area contributed by atoms with Gasteiger partial charge in [0.2, 0.25) is 0 Å². The van der Waals surface area contributed by atoms with Crippen LogP contribution in [0.5, 0.6) is 0 Å². The molecule has 1 N–H and O–H groups in total. The zero-order valence-electron chi connectivity index (χ0n) is 8.81. The predicted molar refractivity (Wildman–Crippen MR) is 53.4 cm³/mol. The molecule has 15 heavy (non-hydrogen) atoms. The van der Waals surface area contributed by atoms with Crippen molar-refractivity contribution in [2.75, 3.05) is 0 Å². The van der Waals surface area contributed by atoms with Crippen molar-refractivity contribution in [3.63, 3.8) is 0 Å². The Morgan fingerprint density at radius 2 is 2.27 bits per heavy atom.